The van der Waals surface area contributed by atoms with Crippen LogP contribution in [0.5, 0.6) is 0 Å². The number of halogens is 9. The number of allylic oxidation sites excluding steroid dienone is 6. The summed E-state index contributed by atoms with van der Waals surface area (Å²) < 4.78 is 102. The Labute approximate surface area is 202 Å². The van der Waals surface area contributed by atoms with E-state index in [0.717, 1.165) is 20.8 Å². The van der Waals surface area contributed by atoms with Crippen LogP contribution in [0.15, 0.2) is 35.5 Å². The molecule has 31 heavy (non-hydrogen) atoms. The van der Waals surface area contributed by atoms with Crippen molar-refractivity contribution in [3.05, 3.63) is 35.5 Å². The van der Waals surface area contributed by atoms with E-state index < -0.39 is 53.2 Å². The van der Waals surface area contributed by atoms with Crippen LogP contribution in [0.4, 0.5) is 39.5 Å². The van der Waals surface area contributed by atoms with Crippen LogP contribution in [0.2, 0.25) is 0 Å². The van der Waals surface area contributed by atoms with Crippen molar-refractivity contribution in [1.29, 1.82) is 0 Å². The molecule has 0 aliphatic carbocycles. The zero-order valence-corrected chi connectivity index (χ0v) is 19.5. The molecule has 0 aliphatic rings. The summed E-state index contributed by atoms with van der Waals surface area (Å²) in [6, 6.07) is 0. The van der Waals surface area contributed by atoms with Crippen LogP contribution in [0.1, 0.15) is 20.8 Å². The summed E-state index contributed by atoms with van der Waals surface area (Å²) in [5, 5.41) is 24.7. The number of carbonyl (C=O) groups excluding carboxylic acids is 3. The summed E-state index contributed by atoms with van der Waals surface area (Å²) in [5.41, 5.74) is 0. The SMILES string of the molecule is CC(O)=CC(=O)C(F)(F)F.CC(O)=CC(=O)C(F)(F)F.CC(O)=CC(=O)C(F)(F)F.[Pr]. The summed E-state index contributed by atoms with van der Waals surface area (Å²) in [5.74, 6) is -8.10. The Bertz CT molecular complexity index is 594. The topological polar surface area (TPSA) is 112 Å². The first-order valence-electron chi connectivity index (χ1n) is 6.97. The molecule has 16 heteroatoms. The van der Waals surface area contributed by atoms with Gasteiger partial charge in [0, 0.05) is 59.5 Å². The first kappa shape index (κ1) is 36.7. The maximum absolute atomic E-state index is 11.3. The van der Waals surface area contributed by atoms with Crippen LogP contribution in [-0.4, -0.2) is 51.2 Å². The third-order valence-corrected chi connectivity index (χ3v) is 1.86. The summed E-state index contributed by atoms with van der Waals surface area (Å²) in [4.78, 5) is 29.7. The molecule has 0 saturated carbocycles. The number of ketones is 3. The van der Waals surface area contributed by atoms with Gasteiger partial charge in [-0.05, 0) is 20.8 Å². The minimum absolute atomic E-state index is 0. The Morgan fingerprint density at radius 2 is 0.645 bits per heavy atom. The average Bonchev–Trinajstić information content (AvgIpc) is 2.43. The Morgan fingerprint density at radius 3 is 0.677 bits per heavy atom. The number of carbonyl (C=O) groups is 3. The number of aliphatic hydroxyl groups is 3. The molecule has 0 amide bonds. The summed E-state index contributed by atoms with van der Waals surface area (Å²) in [6.07, 6.45) is -14.3. The monoisotopic (exact) mass is 603 g/mol. The zero-order chi connectivity index (χ0) is 25.1. The Kier molecular flexibility index (Phi) is 18.0. The second kappa shape index (κ2) is 15.2. The molecular weight excluding hydrogens is 588 g/mol. The van der Waals surface area contributed by atoms with Crippen molar-refractivity contribution in [3.63, 3.8) is 0 Å². The number of alkyl halides is 9. The van der Waals surface area contributed by atoms with E-state index in [1.54, 1.807) is 0 Å². The molecule has 0 aromatic rings. The van der Waals surface area contributed by atoms with E-state index in [9.17, 15) is 53.9 Å². The standard InChI is InChI=1S/3C5H5F3O2.Pr/c3*1-3(9)2-4(10)5(6,7)8;/h3*2,9H,1H3;. The Morgan fingerprint density at radius 1 is 0.516 bits per heavy atom. The molecule has 0 rings (SSSR count). The van der Waals surface area contributed by atoms with Crippen molar-refractivity contribution in [2.45, 2.75) is 39.3 Å². The smallest absolute Gasteiger partial charge is 0.454 e. The maximum atomic E-state index is 11.3. The maximum Gasteiger partial charge on any atom is 0.454 e. The van der Waals surface area contributed by atoms with Crippen LogP contribution in [0.25, 0.3) is 0 Å². The van der Waals surface area contributed by atoms with Crippen molar-refractivity contribution in [2.24, 2.45) is 0 Å². The van der Waals surface area contributed by atoms with Gasteiger partial charge in [-0.2, -0.15) is 39.5 Å². The third kappa shape index (κ3) is 24.5. The predicted octanol–water partition coefficient (Wildman–Crippen LogP) is 4.74. The number of aliphatic hydroxyl groups excluding tert-OH is 3. The normalized spacial score (nSPS) is 13.0. The molecule has 6 nitrogen and oxygen atoms in total. The van der Waals surface area contributed by atoms with Gasteiger partial charge in [-0.15, -0.1) is 0 Å². The second-order valence-electron chi connectivity index (χ2n) is 4.94. The molecule has 0 spiro atoms. The fourth-order valence-corrected chi connectivity index (χ4v) is 0.815. The molecule has 0 aliphatic heterocycles. The quantitative estimate of drug-likeness (QED) is 0.244. The van der Waals surface area contributed by atoms with Crippen LogP contribution in [0, 0.1) is 41.3 Å². The summed E-state index contributed by atoms with van der Waals surface area (Å²) in [6.45, 7) is 2.97. The van der Waals surface area contributed by atoms with Crippen LogP contribution in [0.3, 0.4) is 0 Å². The van der Waals surface area contributed by atoms with Gasteiger partial charge in [0.2, 0.25) is 0 Å². The number of hydrogen-bond acceptors (Lipinski definition) is 6. The van der Waals surface area contributed by atoms with Crippen molar-refractivity contribution in [3.8, 4) is 0 Å². The van der Waals surface area contributed by atoms with E-state index in [2.05, 4.69) is 0 Å². The van der Waals surface area contributed by atoms with Gasteiger partial charge in [0.1, 0.15) is 0 Å². The van der Waals surface area contributed by atoms with E-state index in [1.165, 1.54) is 0 Å². The van der Waals surface area contributed by atoms with Crippen molar-refractivity contribution >= 4 is 17.3 Å². The third-order valence-electron chi connectivity index (χ3n) is 1.86. The molecule has 0 fully saturated rings. The van der Waals surface area contributed by atoms with Gasteiger partial charge in [0.25, 0.3) is 17.3 Å². The Balaban J connectivity index is -0.000000174. The van der Waals surface area contributed by atoms with Gasteiger partial charge in [-0.25, -0.2) is 0 Å². The average molecular weight is 603 g/mol. The molecule has 0 bridgehead atoms. The summed E-state index contributed by atoms with van der Waals surface area (Å²) in [7, 11) is 0. The van der Waals surface area contributed by atoms with Crippen molar-refractivity contribution < 1.29 is 111 Å². The zero-order valence-electron chi connectivity index (χ0n) is 15.8. The van der Waals surface area contributed by atoms with E-state index in [4.69, 9.17) is 15.3 Å². The van der Waals surface area contributed by atoms with Crippen molar-refractivity contribution in [2.75, 3.05) is 0 Å². The van der Waals surface area contributed by atoms with Crippen molar-refractivity contribution in [1.82, 2.24) is 0 Å². The molecule has 1 radical (unpaired) electrons. The molecule has 0 saturated heterocycles. The van der Waals surface area contributed by atoms with Gasteiger partial charge in [0.15, 0.2) is 0 Å². The van der Waals surface area contributed by atoms with Gasteiger partial charge in [0.05, 0.1) is 17.3 Å². The van der Waals surface area contributed by atoms with Gasteiger partial charge in [-0.1, -0.05) is 0 Å². The molecular formula is C15H15F9O6Pr. The van der Waals surface area contributed by atoms with Gasteiger partial charge in [-0.3, -0.25) is 14.4 Å². The van der Waals surface area contributed by atoms with E-state index in [1.807, 2.05) is 0 Å². The van der Waals surface area contributed by atoms with E-state index in [0.29, 0.717) is 0 Å². The molecule has 177 valence electrons. The minimum Gasteiger partial charge on any atom is -0.512 e. The second-order valence-corrected chi connectivity index (χ2v) is 4.94. The molecule has 0 atom stereocenters. The Hall–Kier alpha value is -1.64. The molecule has 0 unspecified atom stereocenters. The molecule has 3 N–H and O–H groups in total. The van der Waals surface area contributed by atoms with Crippen LogP contribution >= 0.6 is 0 Å². The fourth-order valence-electron chi connectivity index (χ4n) is 0.815. The van der Waals surface area contributed by atoms with Crippen LogP contribution < -0.4 is 0 Å². The minimum atomic E-state index is -4.88. The predicted molar refractivity (Wildman–Crippen MR) is 82.3 cm³/mol. The fraction of sp³-hybridized carbons (Fsp3) is 0.400. The first-order valence-corrected chi connectivity index (χ1v) is 6.97. The first-order chi connectivity index (χ1) is 13.0. The summed E-state index contributed by atoms with van der Waals surface area (Å²) >= 11 is 0. The van der Waals surface area contributed by atoms with Crippen LogP contribution in [-0.2, 0) is 14.4 Å². The van der Waals surface area contributed by atoms with Gasteiger partial charge < -0.3 is 15.3 Å². The molecule has 0 heterocycles. The van der Waals surface area contributed by atoms with Gasteiger partial charge >= 0.3 is 18.5 Å². The molecule has 0 aromatic carbocycles. The largest absolute Gasteiger partial charge is 0.512 e. The van der Waals surface area contributed by atoms with E-state index >= 15 is 0 Å². The number of hydrogen-bond donors (Lipinski definition) is 3. The molecule has 0 aromatic heterocycles. The van der Waals surface area contributed by atoms with E-state index in [-0.39, 0.29) is 59.5 Å². The number of rotatable bonds is 3.